The molecule has 4 heterocycles. The summed E-state index contributed by atoms with van der Waals surface area (Å²) in [6.45, 7) is 4.65. The molecule has 0 amide bonds. The van der Waals surface area contributed by atoms with E-state index in [1.165, 1.54) is 0 Å². The fourth-order valence-electron chi connectivity index (χ4n) is 3.80. The van der Waals surface area contributed by atoms with E-state index in [9.17, 15) is 4.79 Å². The van der Waals surface area contributed by atoms with Gasteiger partial charge in [-0.05, 0) is 38.7 Å². The molecule has 1 saturated heterocycles. The van der Waals surface area contributed by atoms with Crippen molar-refractivity contribution in [2.24, 2.45) is 0 Å². The normalized spacial score (nSPS) is 19.0. The Kier molecular flexibility index (Phi) is 3.96. The number of H-pyrrole nitrogens is 1. The summed E-state index contributed by atoms with van der Waals surface area (Å²) in [4.78, 5) is 30.9. The molecular formula is C18H22N8O. The van der Waals surface area contributed by atoms with Crippen LogP contribution in [0.25, 0.3) is 11.2 Å². The number of fused-ring (bicyclic) bond motifs is 1. The van der Waals surface area contributed by atoms with Gasteiger partial charge in [0, 0.05) is 31.7 Å². The lowest BCUT2D eigenvalue weighted by atomic mass is 10.1. The van der Waals surface area contributed by atoms with Gasteiger partial charge in [0.05, 0.1) is 11.7 Å². The molecule has 0 radical (unpaired) electrons. The van der Waals surface area contributed by atoms with Crippen molar-refractivity contribution in [2.75, 3.05) is 13.1 Å². The second-order valence-electron chi connectivity index (χ2n) is 7.53. The number of nitrogens with one attached hydrogen (secondary N) is 1. The van der Waals surface area contributed by atoms with Crippen molar-refractivity contribution >= 4 is 11.2 Å². The monoisotopic (exact) mass is 366 g/mol. The summed E-state index contributed by atoms with van der Waals surface area (Å²) in [7, 11) is 0. The first kappa shape index (κ1) is 16.5. The molecule has 1 saturated carbocycles. The van der Waals surface area contributed by atoms with Crippen LogP contribution in [0.2, 0.25) is 0 Å². The Balaban J connectivity index is 1.33. The van der Waals surface area contributed by atoms with Crippen molar-refractivity contribution in [3.63, 3.8) is 0 Å². The van der Waals surface area contributed by atoms with Crippen LogP contribution in [0.1, 0.15) is 55.0 Å². The molecule has 0 bridgehead atoms. The first-order valence-electron chi connectivity index (χ1n) is 9.53. The Hall–Kier alpha value is -2.68. The summed E-state index contributed by atoms with van der Waals surface area (Å²) in [6, 6.07) is 2.19. The molecule has 1 N–H and O–H groups in total. The molecule has 5 rings (SSSR count). The summed E-state index contributed by atoms with van der Waals surface area (Å²) in [5.74, 6) is 1.98. The van der Waals surface area contributed by atoms with E-state index in [2.05, 4.69) is 35.1 Å². The van der Waals surface area contributed by atoms with Crippen molar-refractivity contribution < 1.29 is 0 Å². The van der Waals surface area contributed by atoms with Gasteiger partial charge in [-0.2, -0.15) is 0 Å². The SMILES string of the molecule is Cc1nccc(CN2CCC(n3nnc4c(=O)[nH]c(C5CC5)nc43)CC2)n1. The van der Waals surface area contributed by atoms with Gasteiger partial charge in [0.15, 0.2) is 11.2 Å². The van der Waals surface area contributed by atoms with Crippen LogP contribution in [0.5, 0.6) is 0 Å². The Labute approximate surface area is 155 Å². The minimum atomic E-state index is -0.176. The number of hydrogen-bond acceptors (Lipinski definition) is 7. The van der Waals surface area contributed by atoms with E-state index >= 15 is 0 Å². The summed E-state index contributed by atoms with van der Waals surface area (Å²) < 4.78 is 1.86. The predicted molar refractivity (Wildman–Crippen MR) is 98.2 cm³/mol. The summed E-state index contributed by atoms with van der Waals surface area (Å²) in [6.07, 6.45) is 5.91. The number of aryl methyl sites for hydroxylation is 1. The third-order valence-corrected chi connectivity index (χ3v) is 5.44. The van der Waals surface area contributed by atoms with Crippen LogP contribution in [-0.2, 0) is 6.54 Å². The lowest BCUT2D eigenvalue weighted by Gasteiger charge is -2.31. The van der Waals surface area contributed by atoms with Gasteiger partial charge in [0.2, 0.25) is 0 Å². The van der Waals surface area contributed by atoms with Crippen molar-refractivity contribution in [1.29, 1.82) is 0 Å². The third-order valence-electron chi connectivity index (χ3n) is 5.44. The molecule has 1 aliphatic heterocycles. The van der Waals surface area contributed by atoms with E-state index in [0.29, 0.717) is 17.1 Å². The number of aromatic nitrogens is 7. The van der Waals surface area contributed by atoms with E-state index < -0.39 is 0 Å². The van der Waals surface area contributed by atoms with Gasteiger partial charge in [-0.25, -0.2) is 19.6 Å². The van der Waals surface area contributed by atoms with Crippen LogP contribution >= 0.6 is 0 Å². The lowest BCUT2D eigenvalue weighted by Crippen LogP contribution is -2.35. The number of nitrogens with zero attached hydrogens (tertiary/aromatic N) is 7. The fourth-order valence-corrected chi connectivity index (χ4v) is 3.80. The highest BCUT2D eigenvalue weighted by Gasteiger charge is 2.29. The van der Waals surface area contributed by atoms with Crippen LogP contribution in [0, 0.1) is 6.92 Å². The van der Waals surface area contributed by atoms with E-state index in [1.807, 2.05) is 23.9 Å². The largest absolute Gasteiger partial charge is 0.308 e. The fraction of sp³-hybridized carbons (Fsp3) is 0.556. The van der Waals surface area contributed by atoms with Crippen molar-refractivity contribution in [2.45, 2.75) is 51.1 Å². The van der Waals surface area contributed by atoms with Gasteiger partial charge >= 0.3 is 0 Å². The number of aromatic amines is 1. The number of piperidine rings is 1. The maximum Gasteiger partial charge on any atom is 0.281 e. The molecule has 0 unspecified atom stereocenters. The molecular weight excluding hydrogens is 344 g/mol. The Bertz CT molecular complexity index is 1030. The second kappa shape index (κ2) is 6.49. The molecule has 0 spiro atoms. The molecule has 1 aliphatic carbocycles. The average Bonchev–Trinajstić information content (AvgIpc) is 3.42. The second-order valence-corrected chi connectivity index (χ2v) is 7.53. The zero-order valence-electron chi connectivity index (χ0n) is 15.3. The molecule has 3 aromatic heterocycles. The first-order valence-corrected chi connectivity index (χ1v) is 9.53. The molecule has 0 aromatic carbocycles. The van der Waals surface area contributed by atoms with E-state index in [0.717, 1.165) is 62.7 Å². The van der Waals surface area contributed by atoms with Crippen LogP contribution < -0.4 is 5.56 Å². The van der Waals surface area contributed by atoms with Gasteiger partial charge in [0.25, 0.3) is 5.56 Å². The maximum atomic E-state index is 12.3. The van der Waals surface area contributed by atoms with E-state index in [4.69, 9.17) is 0 Å². The zero-order chi connectivity index (χ0) is 18.4. The number of rotatable bonds is 4. The third kappa shape index (κ3) is 3.23. The molecule has 140 valence electrons. The zero-order valence-corrected chi connectivity index (χ0v) is 15.3. The first-order chi connectivity index (χ1) is 13.2. The average molecular weight is 366 g/mol. The van der Waals surface area contributed by atoms with Gasteiger partial charge in [-0.15, -0.1) is 5.10 Å². The molecule has 9 nitrogen and oxygen atoms in total. The lowest BCUT2D eigenvalue weighted by molar-refractivity contribution is 0.172. The topological polar surface area (TPSA) is 105 Å². The standard InChI is InChI=1S/C18H22N8O/c1-11-19-7-4-13(20-11)10-25-8-5-14(6-9-25)26-17-15(23-24-26)18(27)22-16(21-17)12-2-3-12/h4,7,12,14H,2-3,5-6,8-10H2,1H3,(H,21,22,27). The molecule has 0 atom stereocenters. The minimum absolute atomic E-state index is 0.176. The van der Waals surface area contributed by atoms with Gasteiger partial charge < -0.3 is 4.98 Å². The highest BCUT2D eigenvalue weighted by Crippen LogP contribution is 2.38. The summed E-state index contributed by atoms with van der Waals surface area (Å²) in [5.41, 5.74) is 1.85. The predicted octanol–water partition coefficient (Wildman–Crippen LogP) is 1.33. The van der Waals surface area contributed by atoms with Crippen LogP contribution in [-0.4, -0.2) is 52.9 Å². The number of hydrogen-bond donors (Lipinski definition) is 1. The smallest absolute Gasteiger partial charge is 0.281 e. The molecule has 9 heteroatoms. The van der Waals surface area contributed by atoms with Crippen LogP contribution in [0.4, 0.5) is 0 Å². The van der Waals surface area contributed by atoms with Crippen molar-refractivity contribution in [1.82, 2.24) is 39.8 Å². The molecule has 2 fully saturated rings. The summed E-state index contributed by atoms with van der Waals surface area (Å²) >= 11 is 0. The highest BCUT2D eigenvalue weighted by atomic mass is 16.1. The maximum absolute atomic E-state index is 12.3. The quantitative estimate of drug-likeness (QED) is 0.742. The molecule has 2 aliphatic rings. The van der Waals surface area contributed by atoms with Gasteiger partial charge in [-0.3, -0.25) is 9.69 Å². The Morgan fingerprint density at radius 3 is 2.74 bits per heavy atom. The van der Waals surface area contributed by atoms with Crippen molar-refractivity contribution in [3.8, 4) is 0 Å². The molecule has 27 heavy (non-hydrogen) atoms. The van der Waals surface area contributed by atoms with Gasteiger partial charge in [0.1, 0.15) is 11.6 Å². The Morgan fingerprint density at radius 1 is 1.19 bits per heavy atom. The summed E-state index contributed by atoms with van der Waals surface area (Å²) in [5, 5.41) is 8.35. The number of likely N-dealkylation sites (tertiary alicyclic amines) is 1. The van der Waals surface area contributed by atoms with Crippen molar-refractivity contribution in [3.05, 3.63) is 40.0 Å². The minimum Gasteiger partial charge on any atom is -0.308 e. The van der Waals surface area contributed by atoms with E-state index in [-0.39, 0.29) is 11.6 Å². The Morgan fingerprint density at radius 2 is 2.00 bits per heavy atom. The van der Waals surface area contributed by atoms with Crippen LogP contribution in [0.15, 0.2) is 17.1 Å². The molecule has 3 aromatic rings. The van der Waals surface area contributed by atoms with E-state index in [1.54, 1.807) is 0 Å². The van der Waals surface area contributed by atoms with Crippen LogP contribution in [0.3, 0.4) is 0 Å². The highest BCUT2D eigenvalue weighted by molar-refractivity contribution is 5.68. The van der Waals surface area contributed by atoms with Gasteiger partial charge in [-0.1, -0.05) is 5.21 Å².